The minimum absolute atomic E-state index is 0.690. The molecule has 1 fully saturated rings. The van der Waals surface area contributed by atoms with Gasteiger partial charge in [-0.25, -0.2) is 0 Å². The van der Waals surface area contributed by atoms with Crippen LogP contribution in [0.2, 0.25) is 0 Å². The van der Waals surface area contributed by atoms with Gasteiger partial charge in [0.2, 0.25) is 0 Å². The number of rotatable bonds is 4. The van der Waals surface area contributed by atoms with Crippen LogP contribution >= 0.6 is 15.9 Å². The molecule has 1 aromatic carbocycles. The van der Waals surface area contributed by atoms with Crippen LogP contribution < -0.4 is 5.32 Å². The Hall–Kier alpha value is -1.05. The minimum atomic E-state index is 0.690. The van der Waals surface area contributed by atoms with Crippen molar-refractivity contribution in [2.45, 2.75) is 13.3 Å². The van der Waals surface area contributed by atoms with E-state index in [-0.39, 0.29) is 0 Å². The number of hydrogen-bond donors (Lipinski definition) is 1. The van der Waals surface area contributed by atoms with Gasteiger partial charge in [-0.1, -0.05) is 22.9 Å². The van der Waals surface area contributed by atoms with Crippen molar-refractivity contribution in [3.63, 3.8) is 0 Å². The normalized spacial score (nSPS) is 19.7. The average molecular weight is 308 g/mol. The second kappa shape index (κ2) is 6.21. The quantitative estimate of drug-likeness (QED) is 0.929. The van der Waals surface area contributed by atoms with Crippen molar-refractivity contribution < 1.29 is 0 Å². The Labute approximate surface area is 117 Å². The van der Waals surface area contributed by atoms with E-state index in [0.29, 0.717) is 11.5 Å². The Morgan fingerprint density at radius 1 is 1.56 bits per heavy atom. The van der Waals surface area contributed by atoms with E-state index < -0.39 is 0 Å². The van der Waals surface area contributed by atoms with E-state index >= 15 is 0 Å². The number of anilines is 1. The van der Waals surface area contributed by atoms with Crippen molar-refractivity contribution in [1.29, 1.82) is 5.26 Å². The summed E-state index contributed by atoms with van der Waals surface area (Å²) in [6, 6.07) is 7.95. The molecule has 1 saturated heterocycles. The zero-order chi connectivity index (χ0) is 13.0. The summed E-state index contributed by atoms with van der Waals surface area (Å²) in [5, 5.41) is 12.5. The lowest BCUT2D eigenvalue weighted by atomic mass is 10.1. The van der Waals surface area contributed by atoms with Gasteiger partial charge in [0, 0.05) is 17.6 Å². The molecule has 1 atom stereocenters. The highest BCUT2D eigenvalue weighted by molar-refractivity contribution is 9.10. The van der Waals surface area contributed by atoms with Crippen molar-refractivity contribution in [2.24, 2.45) is 5.92 Å². The van der Waals surface area contributed by atoms with Gasteiger partial charge in [0.05, 0.1) is 11.3 Å². The zero-order valence-electron chi connectivity index (χ0n) is 10.6. The van der Waals surface area contributed by atoms with E-state index in [9.17, 15) is 0 Å². The molecule has 96 valence electrons. The van der Waals surface area contributed by atoms with Gasteiger partial charge in [-0.2, -0.15) is 5.26 Å². The highest BCUT2D eigenvalue weighted by atomic mass is 79.9. The summed E-state index contributed by atoms with van der Waals surface area (Å²) < 4.78 is 1.01. The molecule has 0 aromatic heterocycles. The van der Waals surface area contributed by atoms with E-state index in [0.717, 1.165) is 23.2 Å². The van der Waals surface area contributed by atoms with E-state index in [4.69, 9.17) is 5.26 Å². The van der Waals surface area contributed by atoms with E-state index in [1.165, 1.54) is 19.5 Å². The van der Waals surface area contributed by atoms with Crippen LogP contribution in [0.25, 0.3) is 0 Å². The van der Waals surface area contributed by atoms with Gasteiger partial charge >= 0.3 is 0 Å². The minimum Gasteiger partial charge on any atom is -0.384 e. The molecular weight excluding hydrogens is 290 g/mol. The molecule has 0 saturated carbocycles. The fourth-order valence-corrected chi connectivity index (χ4v) is 2.74. The van der Waals surface area contributed by atoms with Crippen LogP contribution in [0.3, 0.4) is 0 Å². The van der Waals surface area contributed by atoms with Crippen LogP contribution in [-0.2, 0) is 0 Å². The van der Waals surface area contributed by atoms with Gasteiger partial charge in [0.15, 0.2) is 0 Å². The van der Waals surface area contributed by atoms with Crippen LogP contribution in [0.5, 0.6) is 0 Å². The molecule has 0 radical (unpaired) electrons. The van der Waals surface area contributed by atoms with Crippen molar-refractivity contribution in [3.05, 3.63) is 28.2 Å². The summed E-state index contributed by atoms with van der Waals surface area (Å²) in [6.45, 7) is 6.65. The highest BCUT2D eigenvalue weighted by Crippen LogP contribution is 2.22. The van der Waals surface area contributed by atoms with Gasteiger partial charge in [-0.05, 0) is 43.6 Å². The Balaban J connectivity index is 1.94. The first kappa shape index (κ1) is 13.4. The highest BCUT2D eigenvalue weighted by Gasteiger charge is 2.20. The largest absolute Gasteiger partial charge is 0.384 e. The molecule has 0 amide bonds. The molecule has 1 aliphatic heterocycles. The van der Waals surface area contributed by atoms with Crippen molar-refractivity contribution >= 4 is 21.6 Å². The Kier molecular flexibility index (Phi) is 4.62. The summed E-state index contributed by atoms with van der Waals surface area (Å²) in [7, 11) is 0. The van der Waals surface area contributed by atoms with Crippen LogP contribution in [-0.4, -0.2) is 31.1 Å². The lowest BCUT2D eigenvalue weighted by molar-refractivity contribution is 0.345. The van der Waals surface area contributed by atoms with Gasteiger partial charge in [-0.15, -0.1) is 0 Å². The summed E-state index contributed by atoms with van der Waals surface area (Å²) in [5.74, 6) is 0.690. The van der Waals surface area contributed by atoms with Crippen LogP contribution in [0.15, 0.2) is 22.7 Å². The number of nitrogens with one attached hydrogen (secondary N) is 1. The van der Waals surface area contributed by atoms with E-state index in [1.807, 2.05) is 18.2 Å². The summed E-state index contributed by atoms with van der Waals surface area (Å²) in [4.78, 5) is 2.47. The topological polar surface area (TPSA) is 39.1 Å². The Morgan fingerprint density at radius 2 is 2.39 bits per heavy atom. The maximum absolute atomic E-state index is 9.07. The Bertz CT molecular complexity index is 453. The molecule has 0 spiro atoms. The van der Waals surface area contributed by atoms with Crippen molar-refractivity contribution in [3.8, 4) is 6.07 Å². The number of nitrogens with zero attached hydrogens (tertiary/aromatic N) is 2. The number of halogens is 1. The lowest BCUT2D eigenvalue weighted by Gasteiger charge is -2.15. The summed E-state index contributed by atoms with van der Waals surface area (Å²) in [6.07, 6.45) is 1.25. The molecule has 1 N–H and O–H groups in total. The maximum atomic E-state index is 9.07. The number of likely N-dealkylation sites (tertiary alicyclic amines) is 1. The molecular formula is C14H18BrN3. The first-order chi connectivity index (χ1) is 8.72. The molecule has 0 aliphatic carbocycles. The third kappa shape index (κ3) is 3.24. The van der Waals surface area contributed by atoms with Gasteiger partial charge < -0.3 is 10.2 Å². The average Bonchev–Trinajstić information content (AvgIpc) is 2.84. The summed E-state index contributed by atoms with van der Waals surface area (Å²) in [5.41, 5.74) is 1.64. The molecule has 1 unspecified atom stereocenters. The smallest absolute Gasteiger partial charge is 0.101 e. The maximum Gasteiger partial charge on any atom is 0.101 e. The standard InChI is InChI=1S/C14H18BrN3/c1-2-18-6-5-11(10-18)9-17-14-7-13(15)4-3-12(14)8-16/h3-4,7,11,17H,2,5-6,9-10H2,1H3. The fraction of sp³-hybridized carbons (Fsp3) is 0.500. The zero-order valence-corrected chi connectivity index (χ0v) is 12.2. The van der Waals surface area contributed by atoms with Gasteiger partial charge in [0.25, 0.3) is 0 Å². The molecule has 4 heteroatoms. The van der Waals surface area contributed by atoms with Crippen LogP contribution in [0.4, 0.5) is 5.69 Å². The molecule has 3 nitrogen and oxygen atoms in total. The third-order valence-corrected chi connectivity index (χ3v) is 3.99. The number of benzene rings is 1. The lowest BCUT2D eigenvalue weighted by Crippen LogP contribution is -2.22. The fourth-order valence-electron chi connectivity index (χ4n) is 2.38. The van der Waals surface area contributed by atoms with E-state index in [1.54, 1.807) is 0 Å². The second-order valence-electron chi connectivity index (χ2n) is 4.73. The molecule has 1 aromatic rings. The summed E-state index contributed by atoms with van der Waals surface area (Å²) >= 11 is 3.44. The number of hydrogen-bond acceptors (Lipinski definition) is 3. The van der Waals surface area contributed by atoms with Crippen LogP contribution in [0, 0.1) is 17.2 Å². The van der Waals surface area contributed by atoms with Gasteiger partial charge in [0.1, 0.15) is 6.07 Å². The number of nitriles is 1. The molecule has 18 heavy (non-hydrogen) atoms. The molecule has 0 bridgehead atoms. The predicted molar refractivity (Wildman–Crippen MR) is 77.6 cm³/mol. The van der Waals surface area contributed by atoms with Crippen molar-refractivity contribution in [2.75, 3.05) is 31.5 Å². The first-order valence-corrected chi connectivity index (χ1v) is 7.18. The second-order valence-corrected chi connectivity index (χ2v) is 5.65. The monoisotopic (exact) mass is 307 g/mol. The Morgan fingerprint density at radius 3 is 3.06 bits per heavy atom. The SMILES string of the molecule is CCN1CCC(CNc2cc(Br)ccc2C#N)C1. The van der Waals surface area contributed by atoms with Crippen LogP contribution in [0.1, 0.15) is 18.9 Å². The van der Waals surface area contributed by atoms with E-state index in [2.05, 4.69) is 39.1 Å². The first-order valence-electron chi connectivity index (χ1n) is 6.38. The van der Waals surface area contributed by atoms with Crippen molar-refractivity contribution in [1.82, 2.24) is 4.90 Å². The predicted octanol–water partition coefficient (Wildman–Crippen LogP) is 3.07. The molecule has 2 rings (SSSR count). The molecule has 1 heterocycles. The van der Waals surface area contributed by atoms with Gasteiger partial charge in [-0.3, -0.25) is 0 Å². The molecule has 1 aliphatic rings. The third-order valence-electron chi connectivity index (χ3n) is 3.50.